The molecule has 1 aliphatic heterocycles. The minimum atomic E-state index is -0.547. The van der Waals surface area contributed by atoms with Gasteiger partial charge in [-0.3, -0.25) is 4.79 Å². The van der Waals surface area contributed by atoms with Gasteiger partial charge in [-0.25, -0.2) is 9.97 Å². The Bertz CT molecular complexity index is 834. The molecule has 1 aromatic heterocycles. The van der Waals surface area contributed by atoms with Crippen LogP contribution in [-0.4, -0.2) is 40.2 Å². The number of aromatic nitrogens is 2. The number of aryl methyl sites for hydroxylation is 1. The number of nitrogens with zero attached hydrogens (tertiary/aromatic N) is 3. The number of aliphatic hydroxyl groups is 1. The van der Waals surface area contributed by atoms with Crippen LogP contribution in [0, 0.1) is 0 Å². The number of anilines is 1. The Morgan fingerprint density at radius 3 is 2.75 bits per heavy atom. The normalized spacial score (nSPS) is 16.8. The fraction of sp³-hybridized carbons (Fsp3) is 0.353. The van der Waals surface area contributed by atoms with E-state index in [-0.39, 0.29) is 6.10 Å². The average Bonchev–Trinajstić information content (AvgIpc) is 2.98. The van der Waals surface area contributed by atoms with Crippen molar-refractivity contribution in [2.45, 2.75) is 25.4 Å². The lowest BCUT2D eigenvalue weighted by molar-refractivity contribution is 0.100. The van der Waals surface area contributed by atoms with Gasteiger partial charge in [-0.1, -0.05) is 17.7 Å². The van der Waals surface area contributed by atoms with Gasteiger partial charge in [0.1, 0.15) is 0 Å². The highest BCUT2D eigenvalue weighted by molar-refractivity contribution is 6.34. The van der Waals surface area contributed by atoms with Crippen LogP contribution in [0.1, 0.15) is 28.0 Å². The lowest BCUT2D eigenvalue weighted by Gasteiger charge is -2.36. The molecule has 124 valence electrons. The number of rotatable bonds is 3. The Labute approximate surface area is 144 Å². The van der Waals surface area contributed by atoms with Gasteiger partial charge in [0.25, 0.3) is 0 Å². The molecule has 0 bridgehead atoms. The molecule has 1 saturated heterocycles. The van der Waals surface area contributed by atoms with Crippen molar-refractivity contribution >= 4 is 23.5 Å². The minimum Gasteiger partial charge on any atom is -0.389 e. The van der Waals surface area contributed by atoms with Crippen LogP contribution < -0.4 is 10.6 Å². The summed E-state index contributed by atoms with van der Waals surface area (Å²) in [5, 5.41) is 9.85. The molecule has 1 aromatic carbocycles. The topological polar surface area (TPSA) is 92.3 Å². The molecule has 1 fully saturated rings. The van der Waals surface area contributed by atoms with Crippen LogP contribution >= 0.6 is 11.6 Å². The zero-order chi connectivity index (χ0) is 16.8. The summed E-state index contributed by atoms with van der Waals surface area (Å²) < 4.78 is 0. The number of fused-ring (bicyclic) bond motifs is 1. The predicted octanol–water partition coefficient (Wildman–Crippen LogP) is 1.57. The molecule has 0 unspecified atom stereocenters. The van der Waals surface area contributed by atoms with Gasteiger partial charge in [-0.15, -0.1) is 0 Å². The van der Waals surface area contributed by atoms with Crippen LogP contribution in [0.4, 0.5) is 5.95 Å². The number of amides is 1. The molecule has 1 aliphatic carbocycles. The van der Waals surface area contributed by atoms with Crippen molar-refractivity contribution in [1.29, 1.82) is 0 Å². The minimum absolute atomic E-state index is 0.303. The zero-order valence-electron chi connectivity index (χ0n) is 13.0. The first-order valence-corrected chi connectivity index (χ1v) is 8.33. The van der Waals surface area contributed by atoms with Crippen LogP contribution in [0.2, 0.25) is 5.02 Å². The monoisotopic (exact) mass is 344 g/mol. The molecule has 7 heteroatoms. The molecule has 0 spiro atoms. The molecule has 0 radical (unpaired) electrons. The van der Waals surface area contributed by atoms with Gasteiger partial charge < -0.3 is 15.7 Å². The van der Waals surface area contributed by atoms with Crippen LogP contribution in [0.25, 0.3) is 11.3 Å². The average molecular weight is 345 g/mol. The molecule has 0 saturated carbocycles. The van der Waals surface area contributed by atoms with Gasteiger partial charge in [0.2, 0.25) is 11.9 Å². The van der Waals surface area contributed by atoms with Crippen molar-refractivity contribution in [3.63, 3.8) is 0 Å². The molecule has 2 aromatic rings. The molecule has 6 nitrogen and oxygen atoms in total. The van der Waals surface area contributed by atoms with Gasteiger partial charge in [-0.05, 0) is 31.4 Å². The Kier molecular flexibility index (Phi) is 3.66. The van der Waals surface area contributed by atoms with E-state index in [0.29, 0.717) is 29.6 Å². The maximum absolute atomic E-state index is 11.4. The molecular formula is C17H17ClN4O2. The summed E-state index contributed by atoms with van der Waals surface area (Å²) in [7, 11) is 0. The van der Waals surface area contributed by atoms with Gasteiger partial charge >= 0.3 is 0 Å². The maximum Gasteiger partial charge on any atom is 0.250 e. The van der Waals surface area contributed by atoms with Gasteiger partial charge in [0.15, 0.2) is 0 Å². The first-order chi connectivity index (χ1) is 11.5. The lowest BCUT2D eigenvalue weighted by Crippen LogP contribution is -2.51. The second-order valence-corrected chi connectivity index (χ2v) is 6.68. The number of β-amino-alcohol motifs (C(OH)–C–C–N with tert-alkyl or cyclic N) is 1. The van der Waals surface area contributed by atoms with Crippen LogP contribution in [0.3, 0.4) is 0 Å². The van der Waals surface area contributed by atoms with Crippen LogP contribution in [-0.2, 0) is 12.8 Å². The summed E-state index contributed by atoms with van der Waals surface area (Å²) in [5.74, 6) is 0.0979. The highest BCUT2D eigenvalue weighted by atomic mass is 35.5. The van der Waals surface area contributed by atoms with Crippen molar-refractivity contribution in [3.05, 3.63) is 40.0 Å². The van der Waals surface area contributed by atoms with E-state index in [4.69, 9.17) is 22.3 Å². The van der Waals surface area contributed by atoms with E-state index in [1.54, 1.807) is 12.1 Å². The van der Waals surface area contributed by atoms with Crippen molar-refractivity contribution < 1.29 is 9.90 Å². The molecule has 24 heavy (non-hydrogen) atoms. The Morgan fingerprint density at radius 1 is 1.29 bits per heavy atom. The zero-order valence-corrected chi connectivity index (χ0v) is 13.8. The first kappa shape index (κ1) is 15.4. The molecule has 4 rings (SSSR count). The molecule has 3 N–H and O–H groups in total. The highest BCUT2D eigenvalue weighted by Gasteiger charge is 2.29. The number of hydrogen-bond donors (Lipinski definition) is 2. The SMILES string of the molecule is NC(=O)c1ccc(-c2nc(N3CC(O)C3)nc3c2CCC3)cc1Cl. The fourth-order valence-electron chi connectivity index (χ4n) is 3.28. The van der Waals surface area contributed by atoms with Gasteiger partial charge in [0, 0.05) is 29.9 Å². The van der Waals surface area contributed by atoms with E-state index in [9.17, 15) is 9.90 Å². The standard InChI is InChI=1S/C17H17ClN4O2/c18-13-6-9(4-5-11(13)16(19)24)15-12-2-1-3-14(12)20-17(21-15)22-7-10(23)8-22/h4-6,10,23H,1-3,7-8H2,(H2,19,24). The van der Waals surface area contributed by atoms with Gasteiger partial charge in [-0.2, -0.15) is 0 Å². The van der Waals surface area contributed by atoms with E-state index in [1.165, 1.54) is 0 Å². The number of hydrogen-bond acceptors (Lipinski definition) is 5. The fourth-order valence-corrected chi connectivity index (χ4v) is 3.55. The Balaban J connectivity index is 1.79. The molecule has 2 heterocycles. The quantitative estimate of drug-likeness (QED) is 0.881. The van der Waals surface area contributed by atoms with Crippen LogP contribution in [0.15, 0.2) is 18.2 Å². The molecule has 2 aliphatic rings. The summed E-state index contributed by atoms with van der Waals surface area (Å²) in [5.41, 5.74) is 9.53. The van der Waals surface area contributed by atoms with Gasteiger partial charge in [0.05, 0.1) is 22.4 Å². The summed E-state index contributed by atoms with van der Waals surface area (Å²) in [6.07, 6.45) is 2.61. The van der Waals surface area contributed by atoms with Crippen molar-refractivity contribution in [1.82, 2.24) is 9.97 Å². The smallest absolute Gasteiger partial charge is 0.250 e. The second kappa shape index (κ2) is 5.72. The largest absolute Gasteiger partial charge is 0.389 e. The highest BCUT2D eigenvalue weighted by Crippen LogP contribution is 2.34. The summed E-state index contributed by atoms with van der Waals surface area (Å²) in [6.45, 7) is 1.11. The van der Waals surface area contributed by atoms with E-state index >= 15 is 0 Å². The number of halogens is 1. The number of benzene rings is 1. The maximum atomic E-state index is 11.4. The second-order valence-electron chi connectivity index (χ2n) is 6.27. The lowest BCUT2D eigenvalue weighted by atomic mass is 10.0. The third-order valence-corrected chi connectivity index (χ3v) is 4.89. The molecule has 1 amide bonds. The summed E-state index contributed by atoms with van der Waals surface area (Å²) in [4.78, 5) is 22.7. The Hall–Kier alpha value is -2.18. The Morgan fingerprint density at radius 2 is 2.08 bits per heavy atom. The third kappa shape index (κ3) is 2.52. The first-order valence-electron chi connectivity index (χ1n) is 7.95. The summed E-state index contributed by atoms with van der Waals surface area (Å²) >= 11 is 6.20. The number of primary amides is 1. The van der Waals surface area contributed by atoms with Crippen molar-refractivity contribution in [2.75, 3.05) is 18.0 Å². The number of carbonyl (C=O) groups excluding carboxylic acids is 1. The van der Waals surface area contributed by atoms with Crippen molar-refractivity contribution in [3.8, 4) is 11.3 Å². The number of carbonyl (C=O) groups is 1. The number of nitrogens with two attached hydrogens (primary N) is 1. The van der Waals surface area contributed by atoms with E-state index in [2.05, 4.69) is 4.98 Å². The predicted molar refractivity (Wildman–Crippen MR) is 91.2 cm³/mol. The molecule has 0 atom stereocenters. The van der Waals surface area contributed by atoms with Crippen molar-refractivity contribution in [2.24, 2.45) is 5.73 Å². The van der Waals surface area contributed by atoms with E-state index in [0.717, 1.165) is 41.8 Å². The molecular weight excluding hydrogens is 328 g/mol. The van der Waals surface area contributed by atoms with E-state index in [1.807, 2.05) is 11.0 Å². The van der Waals surface area contributed by atoms with E-state index < -0.39 is 5.91 Å². The number of aliphatic hydroxyl groups excluding tert-OH is 1. The summed E-state index contributed by atoms with van der Waals surface area (Å²) in [6, 6.07) is 5.19. The third-order valence-electron chi connectivity index (χ3n) is 4.57. The van der Waals surface area contributed by atoms with Crippen LogP contribution in [0.5, 0.6) is 0 Å².